The van der Waals surface area contributed by atoms with Crippen LogP contribution in [0.5, 0.6) is 11.5 Å². The van der Waals surface area contributed by atoms with Crippen LogP contribution < -0.4 is 19.3 Å². The van der Waals surface area contributed by atoms with E-state index in [1.54, 1.807) is 11.3 Å². The fourth-order valence-corrected chi connectivity index (χ4v) is 4.60. The number of carbonyl (C=O) groups excluding carboxylic acids is 1. The summed E-state index contributed by atoms with van der Waals surface area (Å²) >= 11 is 1.66. The van der Waals surface area contributed by atoms with Gasteiger partial charge in [0, 0.05) is 54.8 Å². The Hall–Kier alpha value is -2.28. The van der Waals surface area contributed by atoms with Crippen molar-refractivity contribution < 1.29 is 14.3 Å². The van der Waals surface area contributed by atoms with Crippen molar-refractivity contribution in [3.63, 3.8) is 0 Å². The highest BCUT2D eigenvalue weighted by atomic mass is 32.1. The van der Waals surface area contributed by atoms with Crippen LogP contribution in [0.2, 0.25) is 0 Å². The number of thiazole rings is 1. The number of aromatic nitrogens is 1. The van der Waals surface area contributed by atoms with E-state index in [1.165, 1.54) is 0 Å². The molecule has 0 radical (unpaired) electrons. The molecule has 1 atom stereocenters. The highest BCUT2D eigenvalue weighted by Crippen LogP contribution is 2.44. The monoisotopic (exact) mass is 343 g/mol. The molecule has 1 amide bonds. The van der Waals surface area contributed by atoms with Crippen molar-refractivity contribution in [1.82, 2.24) is 4.98 Å². The van der Waals surface area contributed by atoms with Gasteiger partial charge in [-0.1, -0.05) is 0 Å². The number of hydrogen-bond acceptors (Lipinski definition) is 6. The lowest BCUT2D eigenvalue weighted by molar-refractivity contribution is -0.117. The first-order chi connectivity index (χ1) is 11.7. The summed E-state index contributed by atoms with van der Waals surface area (Å²) in [5, 5.41) is 3.06. The van der Waals surface area contributed by atoms with E-state index in [2.05, 4.69) is 9.88 Å². The van der Waals surface area contributed by atoms with Gasteiger partial charge in [0.15, 0.2) is 16.6 Å². The minimum atomic E-state index is 0.0269. The van der Waals surface area contributed by atoms with Crippen LogP contribution in [0.3, 0.4) is 0 Å². The van der Waals surface area contributed by atoms with E-state index in [1.807, 2.05) is 34.7 Å². The normalized spacial score (nSPS) is 25.2. The Morgan fingerprint density at radius 2 is 2.12 bits per heavy atom. The number of anilines is 2. The highest BCUT2D eigenvalue weighted by molar-refractivity contribution is 7.13. The summed E-state index contributed by atoms with van der Waals surface area (Å²) in [7, 11) is 0. The van der Waals surface area contributed by atoms with Gasteiger partial charge in [-0.05, 0) is 18.6 Å². The fourth-order valence-electron chi connectivity index (χ4n) is 3.93. The van der Waals surface area contributed by atoms with Crippen LogP contribution in [0.4, 0.5) is 10.8 Å². The van der Waals surface area contributed by atoms with Crippen LogP contribution >= 0.6 is 11.3 Å². The number of amides is 1. The molecular formula is C17H17N3O3S. The predicted molar refractivity (Wildman–Crippen MR) is 90.9 cm³/mol. The SMILES string of the molecule is O=C1CC2(CCN(c3nccs3)C2)CN1c1ccc2c(c1)OCO2. The molecule has 6 nitrogen and oxygen atoms in total. The molecule has 3 aliphatic rings. The van der Waals surface area contributed by atoms with Crippen LogP contribution in [-0.2, 0) is 4.79 Å². The minimum absolute atomic E-state index is 0.0269. The first-order valence-electron chi connectivity index (χ1n) is 8.07. The van der Waals surface area contributed by atoms with E-state index in [-0.39, 0.29) is 18.1 Å². The van der Waals surface area contributed by atoms with Crippen molar-refractivity contribution in [2.24, 2.45) is 5.41 Å². The molecule has 3 aliphatic heterocycles. The molecule has 1 unspecified atom stereocenters. The molecule has 0 N–H and O–H groups in total. The summed E-state index contributed by atoms with van der Waals surface area (Å²) in [5.74, 6) is 1.66. The molecule has 24 heavy (non-hydrogen) atoms. The molecule has 2 saturated heterocycles. The molecule has 0 saturated carbocycles. The molecular weight excluding hydrogens is 326 g/mol. The number of hydrogen-bond donors (Lipinski definition) is 0. The van der Waals surface area contributed by atoms with Crippen molar-refractivity contribution in [2.45, 2.75) is 12.8 Å². The summed E-state index contributed by atoms with van der Waals surface area (Å²) in [6.07, 6.45) is 3.46. The Morgan fingerprint density at radius 1 is 1.21 bits per heavy atom. The second-order valence-corrected chi connectivity index (χ2v) is 7.55. The molecule has 0 bridgehead atoms. The summed E-state index contributed by atoms with van der Waals surface area (Å²) < 4.78 is 10.8. The summed E-state index contributed by atoms with van der Waals surface area (Å²) in [5.41, 5.74) is 0.924. The fraction of sp³-hybridized carbons (Fsp3) is 0.412. The maximum Gasteiger partial charge on any atom is 0.231 e. The third-order valence-corrected chi connectivity index (χ3v) is 5.95. The smallest absolute Gasteiger partial charge is 0.231 e. The minimum Gasteiger partial charge on any atom is -0.454 e. The topological polar surface area (TPSA) is 54.9 Å². The zero-order chi connectivity index (χ0) is 16.1. The third-order valence-electron chi connectivity index (χ3n) is 5.12. The summed E-state index contributed by atoms with van der Waals surface area (Å²) in [4.78, 5) is 21.3. The summed E-state index contributed by atoms with van der Waals surface area (Å²) in [6, 6.07) is 5.73. The molecule has 4 heterocycles. The van der Waals surface area contributed by atoms with Crippen molar-refractivity contribution in [1.29, 1.82) is 0 Å². The number of fused-ring (bicyclic) bond motifs is 1. The van der Waals surface area contributed by atoms with Gasteiger partial charge in [0.05, 0.1) is 0 Å². The number of benzene rings is 1. The first kappa shape index (κ1) is 14.1. The van der Waals surface area contributed by atoms with Gasteiger partial charge in [-0.25, -0.2) is 4.98 Å². The maximum absolute atomic E-state index is 12.7. The Bertz CT molecular complexity index is 794. The standard InChI is InChI=1S/C17H17N3O3S/c21-15-8-17(3-5-19(9-17)16-18-4-6-24-16)10-20(15)12-1-2-13-14(7-12)23-11-22-13/h1-2,4,6-7H,3,5,8-11H2. The van der Waals surface area contributed by atoms with Crippen LogP contribution in [0, 0.1) is 5.41 Å². The van der Waals surface area contributed by atoms with Gasteiger partial charge < -0.3 is 19.3 Å². The lowest BCUT2D eigenvalue weighted by Gasteiger charge is -2.24. The van der Waals surface area contributed by atoms with Gasteiger partial charge in [0.2, 0.25) is 12.7 Å². The summed E-state index contributed by atoms with van der Waals surface area (Å²) in [6.45, 7) is 2.87. The average Bonchev–Trinajstić information content (AvgIpc) is 3.34. The van der Waals surface area contributed by atoms with Gasteiger partial charge in [-0.3, -0.25) is 4.79 Å². The van der Waals surface area contributed by atoms with Crippen molar-refractivity contribution in [3.05, 3.63) is 29.8 Å². The maximum atomic E-state index is 12.7. The number of rotatable bonds is 2. The largest absolute Gasteiger partial charge is 0.454 e. The zero-order valence-electron chi connectivity index (χ0n) is 13.1. The van der Waals surface area contributed by atoms with Gasteiger partial charge in [0.1, 0.15) is 0 Å². The van der Waals surface area contributed by atoms with Crippen molar-refractivity contribution >= 4 is 28.1 Å². The first-order valence-corrected chi connectivity index (χ1v) is 8.95. The Kier molecular flexibility index (Phi) is 3.00. The Labute approximate surface area is 143 Å². The molecule has 1 aromatic heterocycles. The van der Waals surface area contributed by atoms with E-state index >= 15 is 0 Å². The van der Waals surface area contributed by atoms with Crippen LogP contribution in [0.1, 0.15) is 12.8 Å². The quantitative estimate of drug-likeness (QED) is 0.839. The van der Waals surface area contributed by atoms with E-state index < -0.39 is 0 Å². The van der Waals surface area contributed by atoms with Gasteiger partial charge in [-0.2, -0.15) is 0 Å². The van der Waals surface area contributed by atoms with Crippen molar-refractivity contribution in [2.75, 3.05) is 36.2 Å². The molecule has 2 fully saturated rings. The lowest BCUT2D eigenvalue weighted by Crippen LogP contribution is -2.31. The molecule has 7 heteroatoms. The molecule has 5 rings (SSSR count). The number of ether oxygens (including phenoxy) is 2. The van der Waals surface area contributed by atoms with Crippen LogP contribution in [-0.4, -0.2) is 37.3 Å². The van der Waals surface area contributed by atoms with Crippen LogP contribution in [0.15, 0.2) is 29.8 Å². The van der Waals surface area contributed by atoms with E-state index in [0.29, 0.717) is 6.42 Å². The average molecular weight is 343 g/mol. The van der Waals surface area contributed by atoms with Crippen LogP contribution in [0.25, 0.3) is 0 Å². The van der Waals surface area contributed by atoms with E-state index in [4.69, 9.17) is 9.47 Å². The molecule has 2 aromatic rings. The van der Waals surface area contributed by atoms with Gasteiger partial charge >= 0.3 is 0 Å². The number of carbonyl (C=O) groups is 1. The Morgan fingerprint density at radius 3 is 3.00 bits per heavy atom. The lowest BCUT2D eigenvalue weighted by atomic mass is 9.86. The zero-order valence-corrected chi connectivity index (χ0v) is 13.9. The van der Waals surface area contributed by atoms with E-state index in [0.717, 1.165) is 48.4 Å². The number of nitrogens with zero attached hydrogens (tertiary/aromatic N) is 3. The molecule has 1 spiro atoms. The Balaban J connectivity index is 1.38. The second kappa shape index (κ2) is 5.11. The second-order valence-electron chi connectivity index (χ2n) is 6.68. The predicted octanol–water partition coefficient (Wildman–Crippen LogP) is 2.51. The molecule has 0 aliphatic carbocycles. The molecule has 1 aromatic carbocycles. The highest BCUT2D eigenvalue weighted by Gasteiger charge is 2.48. The van der Waals surface area contributed by atoms with Gasteiger partial charge in [-0.15, -0.1) is 11.3 Å². The molecule has 124 valence electrons. The van der Waals surface area contributed by atoms with Crippen molar-refractivity contribution in [3.8, 4) is 11.5 Å². The third kappa shape index (κ3) is 2.15. The van der Waals surface area contributed by atoms with E-state index in [9.17, 15) is 4.79 Å². The van der Waals surface area contributed by atoms with Gasteiger partial charge in [0.25, 0.3) is 0 Å².